The minimum absolute atomic E-state index is 0.0240. The van der Waals surface area contributed by atoms with Gasteiger partial charge in [0.05, 0.1) is 17.7 Å². The fourth-order valence-corrected chi connectivity index (χ4v) is 3.75. The van der Waals surface area contributed by atoms with Crippen molar-refractivity contribution in [3.05, 3.63) is 54.6 Å². The van der Waals surface area contributed by atoms with E-state index < -0.39 is 22.0 Å². The third-order valence-corrected chi connectivity index (χ3v) is 5.23. The van der Waals surface area contributed by atoms with Crippen LogP contribution in [0.3, 0.4) is 0 Å². The van der Waals surface area contributed by atoms with Gasteiger partial charge in [0.15, 0.2) is 0 Å². The summed E-state index contributed by atoms with van der Waals surface area (Å²) in [5, 5.41) is 9.31. The van der Waals surface area contributed by atoms with E-state index in [9.17, 15) is 18.3 Å². The first-order chi connectivity index (χ1) is 10.9. The van der Waals surface area contributed by atoms with Crippen LogP contribution in [0.1, 0.15) is 6.92 Å². The number of benzene rings is 2. The number of carbonyl (C=O) groups is 1. The molecule has 0 saturated heterocycles. The molecule has 6 nitrogen and oxygen atoms in total. The Morgan fingerprint density at radius 3 is 2.35 bits per heavy atom. The zero-order chi connectivity index (χ0) is 17.0. The van der Waals surface area contributed by atoms with Gasteiger partial charge in [0, 0.05) is 6.07 Å². The van der Waals surface area contributed by atoms with Crippen molar-refractivity contribution in [2.24, 2.45) is 0 Å². The molecule has 2 aromatic carbocycles. The Labute approximate surface area is 135 Å². The zero-order valence-electron chi connectivity index (χ0n) is 12.7. The van der Waals surface area contributed by atoms with Crippen LogP contribution in [-0.4, -0.2) is 32.6 Å². The van der Waals surface area contributed by atoms with Crippen molar-refractivity contribution in [3.63, 3.8) is 0 Å². The number of nitrogens with zero attached hydrogens (tertiary/aromatic N) is 1. The van der Waals surface area contributed by atoms with Crippen LogP contribution in [0.25, 0.3) is 0 Å². The molecule has 0 aliphatic rings. The van der Waals surface area contributed by atoms with Gasteiger partial charge < -0.3 is 9.84 Å². The van der Waals surface area contributed by atoms with Gasteiger partial charge in [-0.1, -0.05) is 24.3 Å². The minimum atomic E-state index is -4.03. The molecule has 0 aliphatic carbocycles. The molecule has 0 bridgehead atoms. The number of rotatable bonds is 6. The van der Waals surface area contributed by atoms with Crippen LogP contribution in [0.4, 0.5) is 5.69 Å². The lowest BCUT2D eigenvalue weighted by Gasteiger charge is -2.28. The van der Waals surface area contributed by atoms with Gasteiger partial charge in [-0.25, -0.2) is 13.2 Å². The summed E-state index contributed by atoms with van der Waals surface area (Å²) in [7, 11) is -2.57. The average Bonchev–Trinajstić information content (AvgIpc) is 2.55. The summed E-state index contributed by atoms with van der Waals surface area (Å²) in [4.78, 5) is 11.4. The van der Waals surface area contributed by atoms with Crippen molar-refractivity contribution in [1.82, 2.24) is 0 Å². The first kappa shape index (κ1) is 16.8. The maximum Gasteiger partial charge on any atom is 0.327 e. The summed E-state index contributed by atoms with van der Waals surface area (Å²) in [6, 6.07) is 12.7. The third-order valence-electron chi connectivity index (χ3n) is 3.32. The van der Waals surface area contributed by atoms with Crippen molar-refractivity contribution >= 4 is 21.7 Å². The molecule has 2 rings (SSSR count). The molecule has 1 N–H and O–H groups in total. The number of anilines is 1. The van der Waals surface area contributed by atoms with Gasteiger partial charge in [-0.05, 0) is 31.2 Å². The molecule has 0 aliphatic heterocycles. The predicted octanol–water partition coefficient (Wildman–Crippen LogP) is 2.36. The molecule has 0 fully saturated rings. The van der Waals surface area contributed by atoms with Crippen LogP contribution >= 0.6 is 0 Å². The van der Waals surface area contributed by atoms with E-state index in [0.717, 1.165) is 4.31 Å². The summed E-state index contributed by atoms with van der Waals surface area (Å²) < 4.78 is 31.8. The van der Waals surface area contributed by atoms with Crippen molar-refractivity contribution < 1.29 is 23.1 Å². The molecule has 7 heteroatoms. The number of hydrogen-bond acceptors (Lipinski definition) is 4. The van der Waals surface area contributed by atoms with Gasteiger partial charge in [0.2, 0.25) is 0 Å². The summed E-state index contributed by atoms with van der Waals surface area (Å²) >= 11 is 0. The van der Waals surface area contributed by atoms with Crippen LogP contribution in [0.15, 0.2) is 59.5 Å². The molecule has 1 atom stereocenters. The van der Waals surface area contributed by atoms with Gasteiger partial charge in [-0.15, -0.1) is 0 Å². The summed E-state index contributed by atoms with van der Waals surface area (Å²) in [5.41, 5.74) is 0.225. The standard InChI is InChI=1S/C16H17NO5S/c1-12(16(18)19)17(13-7-6-8-14(11-13)22-2)23(20,21)15-9-4-3-5-10-15/h3-12H,1-2H3,(H,18,19). The van der Waals surface area contributed by atoms with E-state index in [-0.39, 0.29) is 10.6 Å². The molecular weight excluding hydrogens is 318 g/mol. The Morgan fingerprint density at radius 1 is 1.13 bits per heavy atom. The molecule has 0 aromatic heterocycles. The quantitative estimate of drug-likeness (QED) is 0.876. The van der Waals surface area contributed by atoms with Crippen LogP contribution in [-0.2, 0) is 14.8 Å². The molecule has 23 heavy (non-hydrogen) atoms. The van der Waals surface area contributed by atoms with E-state index in [2.05, 4.69) is 0 Å². The molecule has 0 saturated carbocycles. The second-order valence-electron chi connectivity index (χ2n) is 4.83. The van der Waals surface area contributed by atoms with Crippen molar-refractivity contribution in [1.29, 1.82) is 0 Å². The Hall–Kier alpha value is -2.54. The number of carboxylic acid groups (broad SMARTS) is 1. The summed E-state index contributed by atoms with van der Waals surface area (Å²) in [6.07, 6.45) is 0. The monoisotopic (exact) mass is 335 g/mol. The third kappa shape index (κ3) is 3.45. The molecule has 0 radical (unpaired) electrons. The Bertz CT molecular complexity index is 789. The van der Waals surface area contributed by atoms with Crippen molar-refractivity contribution in [2.45, 2.75) is 17.9 Å². The van der Waals surface area contributed by atoms with Gasteiger partial charge in [0.1, 0.15) is 11.8 Å². The van der Waals surface area contributed by atoms with E-state index in [1.807, 2.05) is 0 Å². The highest BCUT2D eigenvalue weighted by Gasteiger charge is 2.33. The zero-order valence-corrected chi connectivity index (χ0v) is 13.5. The van der Waals surface area contributed by atoms with Gasteiger partial charge >= 0.3 is 5.97 Å². The lowest BCUT2D eigenvalue weighted by molar-refractivity contribution is -0.137. The van der Waals surface area contributed by atoms with Crippen LogP contribution < -0.4 is 9.04 Å². The van der Waals surface area contributed by atoms with Crippen LogP contribution in [0.2, 0.25) is 0 Å². The van der Waals surface area contributed by atoms with Crippen LogP contribution in [0, 0.1) is 0 Å². The minimum Gasteiger partial charge on any atom is -0.497 e. The highest BCUT2D eigenvalue weighted by Crippen LogP contribution is 2.29. The number of hydrogen-bond donors (Lipinski definition) is 1. The van der Waals surface area contributed by atoms with Gasteiger partial charge in [-0.3, -0.25) is 4.31 Å². The summed E-state index contributed by atoms with van der Waals surface area (Å²) in [6.45, 7) is 1.32. The van der Waals surface area contributed by atoms with E-state index in [0.29, 0.717) is 5.75 Å². The lowest BCUT2D eigenvalue weighted by Crippen LogP contribution is -2.43. The first-order valence-corrected chi connectivity index (χ1v) is 8.28. The number of sulfonamides is 1. The maximum atomic E-state index is 12.9. The molecule has 0 heterocycles. The lowest BCUT2D eigenvalue weighted by atomic mass is 10.2. The fourth-order valence-electron chi connectivity index (χ4n) is 2.12. The molecule has 2 aromatic rings. The van der Waals surface area contributed by atoms with E-state index >= 15 is 0 Å². The normalized spacial score (nSPS) is 12.4. The highest BCUT2D eigenvalue weighted by molar-refractivity contribution is 7.92. The fraction of sp³-hybridized carbons (Fsp3) is 0.188. The molecule has 1 unspecified atom stereocenters. The van der Waals surface area contributed by atoms with Crippen LogP contribution in [0.5, 0.6) is 5.75 Å². The number of carboxylic acids is 1. The van der Waals surface area contributed by atoms with Crippen molar-refractivity contribution in [3.8, 4) is 5.75 Å². The Morgan fingerprint density at radius 2 is 1.78 bits per heavy atom. The first-order valence-electron chi connectivity index (χ1n) is 6.84. The molecule has 0 amide bonds. The molecule has 0 spiro atoms. The SMILES string of the molecule is COc1cccc(N(C(C)C(=O)O)S(=O)(=O)c2ccccc2)c1. The predicted molar refractivity (Wildman–Crippen MR) is 86.2 cm³/mol. The number of methoxy groups -OCH3 is 1. The Balaban J connectivity index is 2.61. The topological polar surface area (TPSA) is 83.9 Å². The smallest absolute Gasteiger partial charge is 0.327 e. The Kier molecular flexibility index (Phi) is 4.90. The molecule has 122 valence electrons. The number of aliphatic carboxylic acids is 1. The second-order valence-corrected chi connectivity index (χ2v) is 6.64. The van der Waals surface area contributed by atoms with Crippen molar-refractivity contribution in [2.75, 3.05) is 11.4 Å². The second kappa shape index (κ2) is 6.70. The number of ether oxygens (including phenoxy) is 1. The summed E-state index contributed by atoms with van der Waals surface area (Å²) in [5.74, 6) is -0.805. The van der Waals surface area contributed by atoms with E-state index in [4.69, 9.17) is 4.74 Å². The molecular formula is C16H17NO5S. The van der Waals surface area contributed by atoms with E-state index in [1.165, 1.54) is 38.3 Å². The largest absolute Gasteiger partial charge is 0.497 e. The average molecular weight is 335 g/mol. The highest BCUT2D eigenvalue weighted by atomic mass is 32.2. The maximum absolute atomic E-state index is 12.9. The van der Waals surface area contributed by atoms with E-state index in [1.54, 1.807) is 30.3 Å². The van der Waals surface area contributed by atoms with Gasteiger partial charge in [-0.2, -0.15) is 0 Å². The van der Waals surface area contributed by atoms with Gasteiger partial charge in [0.25, 0.3) is 10.0 Å².